The number of carbonyl (C=O) groups is 1. The van der Waals surface area contributed by atoms with Crippen LogP contribution < -0.4 is 11.1 Å². The van der Waals surface area contributed by atoms with Gasteiger partial charge in [-0.1, -0.05) is 19.1 Å². The minimum atomic E-state index is -4.89. The van der Waals surface area contributed by atoms with E-state index in [1.165, 1.54) is 36.4 Å². The second-order valence-corrected chi connectivity index (χ2v) is 9.41. The second kappa shape index (κ2) is 8.63. The van der Waals surface area contributed by atoms with Crippen LogP contribution in [-0.4, -0.2) is 31.8 Å². The van der Waals surface area contributed by atoms with Crippen LogP contribution in [0.25, 0.3) is 10.8 Å². The van der Waals surface area contributed by atoms with E-state index in [2.05, 4.69) is 15.5 Å². The van der Waals surface area contributed by atoms with Gasteiger partial charge in [-0.25, -0.2) is 0 Å². The molecule has 0 saturated carbocycles. The van der Waals surface area contributed by atoms with Gasteiger partial charge in [-0.05, 0) is 41.8 Å². The van der Waals surface area contributed by atoms with Crippen molar-refractivity contribution in [2.45, 2.75) is 23.1 Å². The van der Waals surface area contributed by atoms with E-state index in [9.17, 15) is 30.7 Å². The van der Waals surface area contributed by atoms with E-state index < -0.39 is 30.0 Å². The molecule has 32 heavy (non-hydrogen) atoms. The molecule has 0 aromatic heterocycles. The number of anilines is 2. The first-order valence-electron chi connectivity index (χ1n) is 9.03. The van der Waals surface area contributed by atoms with Crippen molar-refractivity contribution in [3.8, 4) is 0 Å². The normalized spacial score (nSPS) is 12.3. The van der Waals surface area contributed by atoms with Gasteiger partial charge in [-0.2, -0.15) is 16.8 Å². The lowest BCUT2D eigenvalue weighted by molar-refractivity contribution is -0.115. The average molecular weight is 479 g/mol. The summed E-state index contributed by atoms with van der Waals surface area (Å²) in [6.07, 6.45) is 0.194. The summed E-state index contributed by atoms with van der Waals surface area (Å²) >= 11 is 0. The van der Waals surface area contributed by atoms with Crippen LogP contribution in [0.3, 0.4) is 0 Å². The molecule has 0 heterocycles. The molecule has 3 rings (SSSR count). The third kappa shape index (κ3) is 5.08. The number of benzene rings is 3. The van der Waals surface area contributed by atoms with E-state index in [1.54, 1.807) is 6.92 Å². The van der Waals surface area contributed by atoms with Crippen molar-refractivity contribution in [3.05, 3.63) is 48.5 Å². The van der Waals surface area contributed by atoms with Crippen LogP contribution in [0.4, 0.5) is 22.7 Å². The minimum absolute atomic E-state index is 0.161. The highest BCUT2D eigenvalue weighted by atomic mass is 32.2. The molecule has 13 heteroatoms. The number of nitrogen functional groups attached to an aromatic ring is 1. The number of amides is 1. The molecular weight excluding hydrogens is 460 g/mol. The van der Waals surface area contributed by atoms with Crippen molar-refractivity contribution in [2.75, 3.05) is 11.1 Å². The molecule has 1 amide bonds. The highest BCUT2D eigenvalue weighted by Crippen LogP contribution is 2.36. The van der Waals surface area contributed by atoms with E-state index in [1.807, 2.05) is 0 Å². The summed E-state index contributed by atoms with van der Waals surface area (Å²) in [4.78, 5) is 10.5. The Bertz CT molecular complexity index is 1470. The molecule has 0 spiro atoms. The van der Waals surface area contributed by atoms with Crippen LogP contribution in [0.1, 0.15) is 13.3 Å². The molecule has 0 radical (unpaired) electrons. The molecule has 5 N–H and O–H groups in total. The largest absolute Gasteiger partial charge is 0.399 e. The Hall–Kier alpha value is -3.39. The SMILES string of the molecule is CCC(=O)Nc1cc(N)ccc1N=Nc1ccc2ccc(S(=O)(=O)O)cc2c1S(=O)(=O)O. The van der Waals surface area contributed by atoms with Gasteiger partial charge < -0.3 is 11.1 Å². The Labute approximate surface area is 183 Å². The molecular formula is C19H18N4O7S2. The summed E-state index contributed by atoms with van der Waals surface area (Å²) in [5.74, 6) is -0.311. The molecule has 0 unspecified atom stereocenters. The Balaban J connectivity index is 2.20. The third-order valence-corrected chi connectivity index (χ3v) is 6.15. The predicted octanol–water partition coefficient (Wildman–Crippen LogP) is 3.68. The van der Waals surface area contributed by atoms with Gasteiger partial charge in [0, 0.05) is 17.5 Å². The van der Waals surface area contributed by atoms with Crippen LogP contribution >= 0.6 is 0 Å². The lowest BCUT2D eigenvalue weighted by atomic mass is 10.1. The number of carbonyl (C=O) groups excluding carboxylic acids is 1. The van der Waals surface area contributed by atoms with Crippen LogP contribution in [0, 0.1) is 0 Å². The molecule has 11 nitrogen and oxygen atoms in total. The molecule has 3 aromatic carbocycles. The summed E-state index contributed by atoms with van der Waals surface area (Å²) in [7, 11) is -9.52. The van der Waals surface area contributed by atoms with Gasteiger partial charge in [-0.3, -0.25) is 13.9 Å². The Morgan fingerprint density at radius 1 is 0.938 bits per heavy atom. The van der Waals surface area contributed by atoms with Crippen molar-refractivity contribution in [1.29, 1.82) is 0 Å². The van der Waals surface area contributed by atoms with E-state index in [-0.39, 0.29) is 40.2 Å². The minimum Gasteiger partial charge on any atom is -0.399 e. The molecule has 0 bridgehead atoms. The van der Waals surface area contributed by atoms with Gasteiger partial charge in [0.2, 0.25) is 5.91 Å². The van der Waals surface area contributed by atoms with Crippen molar-refractivity contribution >= 4 is 59.7 Å². The first-order valence-corrected chi connectivity index (χ1v) is 11.9. The first-order chi connectivity index (χ1) is 14.9. The fourth-order valence-electron chi connectivity index (χ4n) is 2.86. The highest BCUT2D eigenvalue weighted by molar-refractivity contribution is 7.86. The van der Waals surface area contributed by atoms with E-state index in [0.717, 1.165) is 12.1 Å². The van der Waals surface area contributed by atoms with Gasteiger partial charge >= 0.3 is 0 Å². The van der Waals surface area contributed by atoms with Crippen LogP contribution in [0.15, 0.2) is 68.6 Å². The van der Waals surface area contributed by atoms with Gasteiger partial charge in [-0.15, -0.1) is 10.2 Å². The summed E-state index contributed by atoms with van der Waals surface area (Å²) < 4.78 is 66.2. The molecule has 0 saturated heterocycles. The first kappa shape index (κ1) is 23.3. The molecule has 3 aromatic rings. The van der Waals surface area contributed by atoms with Gasteiger partial charge in [0.15, 0.2) is 0 Å². The number of nitrogens with two attached hydrogens (primary N) is 1. The zero-order chi connectivity index (χ0) is 23.7. The molecule has 0 atom stereocenters. The average Bonchev–Trinajstić information content (AvgIpc) is 2.70. The lowest BCUT2D eigenvalue weighted by Crippen LogP contribution is -2.09. The van der Waals surface area contributed by atoms with Crippen molar-refractivity contribution in [2.24, 2.45) is 10.2 Å². The molecule has 0 fully saturated rings. The summed E-state index contributed by atoms with van der Waals surface area (Å²) in [6, 6.07) is 10.4. The van der Waals surface area contributed by atoms with Gasteiger partial charge in [0.25, 0.3) is 20.2 Å². The third-order valence-electron chi connectivity index (χ3n) is 4.36. The fraction of sp³-hybridized carbons (Fsp3) is 0.105. The van der Waals surface area contributed by atoms with E-state index in [0.29, 0.717) is 5.69 Å². The zero-order valence-corrected chi connectivity index (χ0v) is 18.2. The summed E-state index contributed by atoms with van der Waals surface area (Å²) in [5.41, 5.74) is 6.19. The van der Waals surface area contributed by atoms with Crippen molar-refractivity contribution in [3.63, 3.8) is 0 Å². The Kier molecular flexibility index (Phi) is 6.27. The molecule has 0 aliphatic rings. The number of hydrogen-bond donors (Lipinski definition) is 4. The maximum absolute atomic E-state index is 12.1. The molecule has 0 aliphatic heterocycles. The predicted molar refractivity (Wildman–Crippen MR) is 118 cm³/mol. The highest BCUT2D eigenvalue weighted by Gasteiger charge is 2.22. The van der Waals surface area contributed by atoms with Gasteiger partial charge in [0.1, 0.15) is 16.3 Å². The maximum Gasteiger partial charge on any atom is 0.297 e. The number of hydrogen-bond acceptors (Lipinski definition) is 8. The molecule has 168 valence electrons. The smallest absolute Gasteiger partial charge is 0.297 e. The van der Waals surface area contributed by atoms with E-state index in [4.69, 9.17) is 5.73 Å². The summed E-state index contributed by atoms with van der Waals surface area (Å²) in [6.45, 7) is 1.65. The Morgan fingerprint density at radius 2 is 1.56 bits per heavy atom. The zero-order valence-electron chi connectivity index (χ0n) is 16.5. The topological polar surface area (TPSA) is 189 Å². The molecule has 0 aliphatic carbocycles. The lowest BCUT2D eigenvalue weighted by Gasteiger charge is -2.09. The standard InChI is InChI=1S/C19H18N4O7S2/c1-2-18(24)21-17-9-12(20)5-8-15(17)22-23-16-7-4-11-3-6-13(31(25,26)27)10-14(11)19(16)32(28,29)30/h3-10H,2,20H2,1H3,(H,21,24)(H,25,26,27)(H,28,29,30). The van der Waals surface area contributed by atoms with Gasteiger partial charge in [0.05, 0.1) is 10.6 Å². The van der Waals surface area contributed by atoms with Crippen LogP contribution in [0.5, 0.6) is 0 Å². The number of azo groups is 1. The number of fused-ring (bicyclic) bond motifs is 1. The summed E-state index contributed by atoms with van der Waals surface area (Å²) in [5, 5.41) is 10.5. The monoisotopic (exact) mass is 478 g/mol. The van der Waals surface area contributed by atoms with E-state index >= 15 is 0 Å². The number of nitrogens with zero attached hydrogens (tertiary/aromatic N) is 2. The fourth-order valence-corrected chi connectivity index (χ4v) is 4.19. The van der Waals surface area contributed by atoms with Crippen molar-refractivity contribution in [1.82, 2.24) is 0 Å². The second-order valence-electron chi connectivity index (χ2n) is 6.63. The quantitative estimate of drug-likeness (QED) is 0.234. The van der Waals surface area contributed by atoms with Crippen LogP contribution in [-0.2, 0) is 25.0 Å². The number of rotatable bonds is 6. The van der Waals surface area contributed by atoms with Crippen LogP contribution in [0.2, 0.25) is 0 Å². The van der Waals surface area contributed by atoms with Crippen molar-refractivity contribution < 1.29 is 30.7 Å². The number of nitrogens with one attached hydrogen (secondary N) is 1. The maximum atomic E-state index is 12.1. The Morgan fingerprint density at radius 3 is 2.19 bits per heavy atom.